The van der Waals surface area contributed by atoms with Crippen LogP contribution in [0.4, 0.5) is 11.5 Å². The van der Waals surface area contributed by atoms with Crippen LogP contribution in [0.2, 0.25) is 0 Å². The fourth-order valence-corrected chi connectivity index (χ4v) is 3.13. The number of para-hydroxylation sites is 1. The van der Waals surface area contributed by atoms with Gasteiger partial charge in [-0.15, -0.1) is 10.2 Å². The number of anilines is 2. The molecule has 1 aliphatic heterocycles. The summed E-state index contributed by atoms with van der Waals surface area (Å²) in [6, 6.07) is 8.97. The van der Waals surface area contributed by atoms with Gasteiger partial charge >= 0.3 is 0 Å². The van der Waals surface area contributed by atoms with Crippen LogP contribution < -0.4 is 10.6 Å². The minimum atomic E-state index is 0.172. The number of rotatable bonds is 5. The van der Waals surface area contributed by atoms with E-state index in [4.69, 9.17) is 5.73 Å². The molecular weight excluding hydrogens is 340 g/mol. The zero-order chi connectivity index (χ0) is 19.2. The molecule has 27 heavy (non-hydrogen) atoms. The topological polar surface area (TPSA) is 90.9 Å². The van der Waals surface area contributed by atoms with Gasteiger partial charge in [0.2, 0.25) is 0 Å². The number of aromatic nitrogens is 2. The van der Waals surface area contributed by atoms with Gasteiger partial charge in [-0.25, -0.2) is 0 Å². The molecule has 0 atom stereocenters. The normalized spacial score (nSPS) is 15.4. The maximum atomic E-state index is 10.1. The van der Waals surface area contributed by atoms with Gasteiger partial charge in [-0.3, -0.25) is 4.99 Å². The van der Waals surface area contributed by atoms with Crippen LogP contribution in [0.3, 0.4) is 0 Å². The maximum absolute atomic E-state index is 10.1. The highest BCUT2D eigenvalue weighted by Crippen LogP contribution is 2.31. The molecule has 2 heterocycles. The number of benzene rings is 1. The first-order valence-electron chi connectivity index (χ1n) is 8.80. The maximum Gasteiger partial charge on any atom is 0.169 e. The van der Waals surface area contributed by atoms with Crippen LogP contribution in [0.5, 0.6) is 5.75 Å². The van der Waals surface area contributed by atoms with E-state index < -0.39 is 0 Å². The highest BCUT2D eigenvalue weighted by Gasteiger charge is 2.21. The highest BCUT2D eigenvalue weighted by atomic mass is 16.3. The molecule has 1 aliphatic rings. The number of piperazine rings is 1. The van der Waals surface area contributed by atoms with Gasteiger partial charge in [0.25, 0.3) is 0 Å². The van der Waals surface area contributed by atoms with Crippen molar-refractivity contribution in [1.29, 1.82) is 0 Å². The van der Waals surface area contributed by atoms with E-state index in [9.17, 15) is 5.11 Å². The highest BCUT2D eigenvalue weighted by molar-refractivity contribution is 5.74. The largest absolute Gasteiger partial charge is 0.507 e. The molecule has 0 spiro atoms. The Kier molecular flexibility index (Phi) is 5.71. The van der Waals surface area contributed by atoms with E-state index in [1.165, 1.54) is 0 Å². The number of aromatic hydroxyl groups is 1. The zero-order valence-corrected chi connectivity index (χ0v) is 15.4. The van der Waals surface area contributed by atoms with Crippen LogP contribution in [0, 0.1) is 0 Å². The summed E-state index contributed by atoms with van der Waals surface area (Å²) in [5, 5.41) is 18.3. The Labute approximate surface area is 159 Å². The van der Waals surface area contributed by atoms with E-state index in [0.29, 0.717) is 17.1 Å². The van der Waals surface area contributed by atoms with E-state index in [1.54, 1.807) is 25.4 Å². The standard InChI is InChI=1S/C20H24N6O/c1-3-15(8-9-22-2)25-10-12-26(13-11-25)18-14-17(23-24-20(18)21)16-6-4-5-7-19(16)27/h3-9,14,27H,1,10-13H2,2H3,(H2,21,24)/b15-8+,22-9?. The fraction of sp³-hybridized carbons (Fsp3) is 0.250. The second-order valence-electron chi connectivity index (χ2n) is 6.19. The Bertz CT molecular complexity index is 869. The molecule has 0 unspecified atom stereocenters. The van der Waals surface area contributed by atoms with Gasteiger partial charge in [0.15, 0.2) is 5.82 Å². The summed E-state index contributed by atoms with van der Waals surface area (Å²) in [7, 11) is 1.75. The van der Waals surface area contributed by atoms with Crippen molar-refractivity contribution in [2.75, 3.05) is 43.9 Å². The van der Waals surface area contributed by atoms with Crippen molar-refractivity contribution in [2.24, 2.45) is 4.99 Å². The minimum absolute atomic E-state index is 0.172. The van der Waals surface area contributed by atoms with E-state index in [1.807, 2.05) is 30.4 Å². The second kappa shape index (κ2) is 8.35. The lowest BCUT2D eigenvalue weighted by atomic mass is 10.1. The number of phenols is 1. The molecule has 0 aliphatic carbocycles. The summed E-state index contributed by atoms with van der Waals surface area (Å²) in [5.41, 5.74) is 9.22. The molecule has 0 amide bonds. The number of allylic oxidation sites excluding steroid dienone is 2. The molecular formula is C20H24N6O. The number of nitrogen functional groups attached to an aromatic ring is 1. The van der Waals surface area contributed by atoms with Gasteiger partial charge in [-0.2, -0.15) is 0 Å². The molecule has 0 radical (unpaired) electrons. The van der Waals surface area contributed by atoms with Crippen molar-refractivity contribution < 1.29 is 5.11 Å². The average molecular weight is 364 g/mol. The van der Waals surface area contributed by atoms with Crippen LogP contribution in [-0.4, -0.2) is 59.6 Å². The van der Waals surface area contributed by atoms with Crippen molar-refractivity contribution in [2.45, 2.75) is 0 Å². The lowest BCUT2D eigenvalue weighted by molar-refractivity contribution is 0.331. The Morgan fingerprint density at radius 1 is 1.22 bits per heavy atom. The summed E-state index contributed by atoms with van der Waals surface area (Å²) >= 11 is 0. The zero-order valence-electron chi connectivity index (χ0n) is 15.4. The summed E-state index contributed by atoms with van der Waals surface area (Å²) in [6.07, 6.45) is 5.57. The number of nitrogens with zero attached hydrogens (tertiary/aromatic N) is 5. The monoisotopic (exact) mass is 364 g/mol. The van der Waals surface area contributed by atoms with E-state index in [2.05, 4.69) is 31.6 Å². The third-order valence-corrected chi connectivity index (χ3v) is 4.57. The van der Waals surface area contributed by atoms with E-state index >= 15 is 0 Å². The SMILES string of the molecule is C=C/C(=C\C=NC)N1CCN(c2cc(-c3ccccc3O)nnc2N)CC1. The first-order valence-corrected chi connectivity index (χ1v) is 8.80. The summed E-state index contributed by atoms with van der Waals surface area (Å²) in [4.78, 5) is 8.46. The second-order valence-corrected chi connectivity index (χ2v) is 6.19. The molecule has 140 valence electrons. The molecule has 1 aromatic carbocycles. The predicted octanol–water partition coefficient (Wildman–Crippen LogP) is 2.32. The molecule has 0 bridgehead atoms. The Morgan fingerprint density at radius 2 is 1.96 bits per heavy atom. The van der Waals surface area contributed by atoms with Crippen molar-refractivity contribution in [3.8, 4) is 17.0 Å². The number of hydrogen-bond acceptors (Lipinski definition) is 7. The van der Waals surface area contributed by atoms with Crippen LogP contribution in [0.25, 0.3) is 11.3 Å². The summed E-state index contributed by atoms with van der Waals surface area (Å²) in [6.45, 7) is 7.15. The first-order chi connectivity index (χ1) is 13.1. The van der Waals surface area contributed by atoms with E-state index in [-0.39, 0.29) is 5.75 Å². The van der Waals surface area contributed by atoms with Crippen molar-refractivity contribution in [3.05, 3.63) is 54.8 Å². The van der Waals surface area contributed by atoms with Gasteiger partial charge in [0.05, 0.1) is 11.4 Å². The third-order valence-electron chi connectivity index (χ3n) is 4.57. The molecule has 3 N–H and O–H groups in total. The van der Waals surface area contributed by atoms with Crippen molar-refractivity contribution in [1.82, 2.24) is 15.1 Å². The molecule has 1 fully saturated rings. The smallest absolute Gasteiger partial charge is 0.169 e. The number of nitrogens with two attached hydrogens (primary N) is 1. The lowest BCUT2D eigenvalue weighted by Crippen LogP contribution is -2.46. The molecule has 7 heteroatoms. The molecule has 1 saturated heterocycles. The molecule has 7 nitrogen and oxygen atoms in total. The van der Waals surface area contributed by atoms with Gasteiger partial charge in [0.1, 0.15) is 5.75 Å². The fourth-order valence-electron chi connectivity index (χ4n) is 3.13. The number of phenolic OH excluding ortho intramolecular Hbond substituents is 1. The average Bonchev–Trinajstić information content (AvgIpc) is 2.70. The first kappa shape index (κ1) is 18.4. The van der Waals surface area contributed by atoms with Crippen LogP contribution in [0.1, 0.15) is 0 Å². The molecule has 2 aromatic rings. The third kappa shape index (κ3) is 4.08. The van der Waals surface area contributed by atoms with Crippen molar-refractivity contribution >= 4 is 17.7 Å². The van der Waals surface area contributed by atoms with E-state index in [0.717, 1.165) is 37.6 Å². The van der Waals surface area contributed by atoms with Crippen LogP contribution in [0.15, 0.2) is 59.8 Å². The molecule has 0 saturated carbocycles. The van der Waals surface area contributed by atoms with Crippen LogP contribution >= 0.6 is 0 Å². The van der Waals surface area contributed by atoms with Gasteiger partial charge < -0.3 is 20.6 Å². The summed E-state index contributed by atoms with van der Waals surface area (Å²) < 4.78 is 0. The Hall–Kier alpha value is -3.35. The van der Waals surface area contributed by atoms with Gasteiger partial charge in [-0.1, -0.05) is 18.7 Å². The number of hydrogen-bond donors (Lipinski definition) is 2. The predicted molar refractivity (Wildman–Crippen MR) is 110 cm³/mol. The van der Waals surface area contributed by atoms with Crippen LogP contribution in [-0.2, 0) is 0 Å². The Balaban J connectivity index is 1.79. The quantitative estimate of drug-likeness (QED) is 0.625. The molecule has 1 aromatic heterocycles. The van der Waals surface area contributed by atoms with Crippen molar-refractivity contribution in [3.63, 3.8) is 0 Å². The van der Waals surface area contributed by atoms with Gasteiger partial charge in [-0.05, 0) is 30.4 Å². The molecule has 3 rings (SSSR count). The lowest BCUT2D eigenvalue weighted by Gasteiger charge is -2.38. The number of aliphatic imine (C=N–C) groups is 1. The minimum Gasteiger partial charge on any atom is -0.507 e. The Morgan fingerprint density at radius 3 is 2.63 bits per heavy atom. The summed E-state index contributed by atoms with van der Waals surface area (Å²) in [5.74, 6) is 0.561. The van der Waals surface area contributed by atoms with Gasteiger partial charge in [0, 0.05) is 50.7 Å².